The Morgan fingerprint density at radius 3 is 0.645 bits per heavy atom. The van der Waals surface area contributed by atoms with Gasteiger partial charge >= 0.3 is 21.7 Å². The van der Waals surface area contributed by atoms with Crippen molar-refractivity contribution in [1.82, 2.24) is 31.9 Å². The zero-order chi connectivity index (χ0) is 80.6. The molecule has 0 radical (unpaired) electrons. The highest BCUT2D eigenvalue weighted by molar-refractivity contribution is 7.47. The van der Waals surface area contributed by atoms with E-state index in [1.165, 1.54) is 244 Å². The number of hydrogen-bond acceptors (Lipinski definition) is 11. The third kappa shape index (κ3) is 77.9. The van der Waals surface area contributed by atoms with Crippen LogP contribution in [-0.4, -0.2) is 103 Å². The van der Waals surface area contributed by atoms with E-state index in [9.17, 15) is 42.9 Å². The lowest BCUT2D eigenvalue weighted by atomic mass is 9.99. The fourth-order valence-electron chi connectivity index (χ4n) is 14.6. The average Bonchev–Trinajstić information content (AvgIpc) is 0.908. The van der Waals surface area contributed by atoms with E-state index in [0.29, 0.717) is 51.4 Å². The lowest BCUT2D eigenvalue weighted by Gasteiger charge is -2.24. The van der Waals surface area contributed by atoms with Crippen molar-refractivity contribution in [3.05, 3.63) is 0 Å². The number of nitrogens with one attached hydrogen (secondary N) is 6. The third-order valence-corrected chi connectivity index (χ3v) is 23.7. The molecule has 0 bridgehead atoms. The predicted molar refractivity (Wildman–Crippen MR) is 461 cm³/mol. The first kappa shape index (κ1) is 107. The molecule has 0 fully saturated rings. The zero-order valence-corrected chi connectivity index (χ0v) is 74.2. The molecule has 8 N–H and O–H groups in total. The van der Waals surface area contributed by atoms with Crippen LogP contribution in [0.5, 0.6) is 0 Å². The van der Waals surface area contributed by atoms with Gasteiger partial charge < -0.3 is 41.7 Å². The van der Waals surface area contributed by atoms with Crippen molar-refractivity contribution in [2.45, 2.75) is 502 Å². The molecule has 0 aromatic carbocycles. The van der Waals surface area contributed by atoms with Crippen molar-refractivity contribution < 1.29 is 61.0 Å². The van der Waals surface area contributed by atoms with Gasteiger partial charge in [0.15, 0.2) is 0 Å². The highest BCUT2D eigenvalue weighted by Gasteiger charge is 2.28. The van der Waals surface area contributed by atoms with Crippen LogP contribution in [0, 0.1) is 0 Å². The molecule has 0 aromatic heterocycles. The van der Waals surface area contributed by atoms with Gasteiger partial charge in [-0.1, -0.05) is 388 Å². The van der Waals surface area contributed by atoms with Crippen LogP contribution in [0.15, 0.2) is 0 Å². The summed E-state index contributed by atoms with van der Waals surface area (Å²) in [6, 6.07) is -2.19. The van der Waals surface area contributed by atoms with Gasteiger partial charge in [-0.3, -0.25) is 37.3 Å². The van der Waals surface area contributed by atoms with Gasteiger partial charge in [0.25, 0.3) is 0 Å². The van der Waals surface area contributed by atoms with Gasteiger partial charge in [0.1, 0.15) is 0 Å². The highest BCUT2D eigenvalue weighted by Crippen LogP contribution is 2.44. The van der Waals surface area contributed by atoms with Crippen molar-refractivity contribution in [1.29, 1.82) is 0 Å². The number of carbonyl (C=O) groups is 5. The fraction of sp³-hybridized carbons (Fsp3) is 0.944. The molecule has 0 aromatic rings. The van der Waals surface area contributed by atoms with Crippen LogP contribution >= 0.6 is 15.6 Å². The van der Waals surface area contributed by atoms with Crippen molar-refractivity contribution in [3.8, 4) is 0 Å². The number of hydrogen-bond donors (Lipinski definition) is 8. The van der Waals surface area contributed by atoms with Gasteiger partial charge in [0.2, 0.25) is 23.6 Å². The van der Waals surface area contributed by atoms with E-state index in [1.807, 2.05) is 0 Å². The summed E-state index contributed by atoms with van der Waals surface area (Å²) in [5, 5.41) is 17.9. The number of urea groups is 1. The molecule has 0 aliphatic heterocycles. The second-order valence-corrected chi connectivity index (χ2v) is 35.5. The Balaban J connectivity index is 5.80. The first-order valence-electron chi connectivity index (χ1n) is 47.0. The molecule has 0 heterocycles. The van der Waals surface area contributed by atoms with Gasteiger partial charge in [-0.05, 0) is 64.2 Å². The molecule has 4 unspecified atom stereocenters. The zero-order valence-electron chi connectivity index (χ0n) is 72.4. The summed E-state index contributed by atoms with van der Waals surface area (Å²) in [5.74, 6) is -0.232. The maximum atomic E-state index is 13.5. The topological polar surface area (TPSA) is 269 Å². The Bertz CT molecular complexity index is 2030. The monoisotopic (exact) mass is 1600 g/mol. The first-order chi connectivity index (χ1) is 53.5. The number of rotatable bonds is 88. The standard InChI is InChI=1S/C89H178N6O13P2/c1-7-13-19-25-31-35-39-43-49-55-61-67-85(96)92-81(65-59-53-47-29-23-17-11-5)71-73-83(94-87(98)69-63-57-51-45-41-37-33-27-21-15-9-3)79-107-109(101,102)105-77-75-90-89(100)91-76-78-106-110(103,104)108-80-84(95-88(99)70-64-58-52-46-42-38-34-28-22-16-10-4)74-72-82(66-60-54-48-30-24-18-12-6)93-86(97)68-62-56-50-44-40-36-32-26-20-14-8-2/h81-84H,7-80H2,1-6H3,(H,92,96)(H,93,97)(H,94,98)(H,95,99)(H,101,102)(H,103,104)(H2,90,91,100)/t81?,82?,83-,84-/m1/s1. The van der Waals surface area contributed by atoms with Crippen molar-refractivity contribution >= 4 is 45.3 Å². The lowest BCUT2D eigenvalue weighted by molar-refractivity contribution is -0.123. The van der Waals surface area contributed by atoms with Gasteiger partial charge in [-0.2, -0.15) is 0 Å². The van der Waals surface area contributed by atoms with Crippen LogP contribution in [0.1, 0.15) is 478 Å². The molecule has 6 atom stereocenters. The molecular weight excluding hydrogens is 1420 g/mol. The molecule has 0 saturated carbocycles. The van der Waals surface area contributed by atoms with Gasteiger partial charge in [-0.25, -0.2) is 13.9 Å². The van der Waals surface area contributed by atoms with Gasteiger partial charge in [0.05, 0.1) is 38.5 Å². The lowest BCUT2D eigenvalue weighted by Crippen LogP contribution is -2.41. The number of carbonyl (C=O) groups excluding carboxylic acids is 5. The van der Waals surface area contributed by atoms with Gasteiger partial charge in [0, 0.05) is 50.9 Å². The number of phosphoric ester groups is 2. The van der Waals surface area contributed by atoms with E-state index >= 15 is 0 Å². The minimum Gasteiger partial charge on any atom is -0.353 e. The summed E-state index contributed by atoms with van der Waals surface area (Å²) in [4.78, 5) is 88.6. The molecule has 110 heavy (non-hydrogen) atoms. The number of unbranched alkanes of at least 4 members (excludes halogenated alkanes) is 52. The summed E-state index contributed by atoms with van der Waals surface area (Å²) in [6.45, 7) is 11.7. The van der Waals surface area contributed by atoms with E-state index < -0.39 is 33.8 Å². The molecule has 0 rings (SSSR count). The minimum atomic E-state index is -4.68. The van der Waals surface area contributed by atoms with Crippen molar-refractivity contribution in [2.24, 2.45) is 0 Å². The van der Waals surface area contributed by atoms with E-state index in [-0.39, 0.29) is 75.2 Å². The Hall–Kier alpha value is -2.63. The second kappa shape index (κ2) is 81.5. The number of phosphoric acid groups is 2. The van der Waals surface area contributed by atoms with Crippen LogP contribution in [0.4, 0.5) is 4.79 Å². The molecule has 0 saturated heterocycles. The molecule has 0 aliphatic rings. The molecule has 0 spiro atoms. The Morgan fingerprint density at radius 2 is 0.427 bits per heavy atom. The molecule has 19 nitrogen and oxygen atoms in total. The first-order valence-corrected chi connectivity index (χ1v) is 49.9. The Labute approximate surface area is 676 Å². The van der Waals surface area contributed by atoms with Crippen LogP contribution in [0.3, 0.4) is 0 Å². The van der Waals surface area contributed by atoms with Crippen molar-refractivity contribution in [3.63, 3.8) is 0 Å². The fourth-order valence-corrected chi connectivity index (χ4v) is 16.2. The molecule has 0 aliphatic carbocycles. The summed E-state index contributed by atoms with van der Waals surface area (Å²) in [5.41, 5.74) is 0. The minimum absolute atomic E-state index is 0.0389. The van der Waals surface area contributed by atoms with Crippen LogP contribution in [0.2, 0.25) is 0 Å². The van der Waals surface area contributed by atoms with Crippen molar-refractivity contribution in [2.75, 3.05) is 39.5 Å². The molecule has 6 amide bonds. The maximum Gasteiger partial charge on any atom is 0.472 e. The molecule has 652 valence electrons. The van der Waals surface area contributed by atoms with Crippen LogP contribution in [0.25, 0.3) is 0 Å². The van der Waals surface area contributed by atoms with E-state index in [0.717, 1.165) is 141 Å². The Kier molecular flexibility index (Phi) is 79.6. The quantitative estimate of drug-likeness (QED) is 0.0208. The summed E-state index contributed by atoms with van der Waals surface area (Å²) >= 11 is 0. The predicted octanol–water partition coefficient (Wildman–Crippen LogP) is 25.1. The average molecular weight is 1600 g/mol. The molecular formula is C89H178N6O13P2. The number of amides is 6. The summed E-state index contributed by atoms with van der Waals surface area (Å²) in [7, 11) is -9.35. The molecule has 21 heteroatoms. The van der Waals surface area contributed by atoms with Gasteiger partial charge in [-0.15, -0.1) is 0 Å². The van der Waals surface area contributed by atoms with Crippen LogP contribution < -0.4 is 31.9 Å². The third-order valence-electron chi connectivity index (χ3n) is 21.7. The van der Waals surface area contributed by atoms with E-state index in [2.05, 4.69) is 73.4 Å². The second-order valence-electron chi connectivity index (χ2n) is 32.6. The van der Waals surface area contributed by atoms with Crippen LogP contribution in [-0.2, 0) is 46.4 Å². The summed E-state index contributed by atoms with van der Waals surface area (Å²) < 4.78 is 48.4. The van der Waals surface area contributed by atoms with E-state index in [1.54, 1.807) is 0 Å². The smallest absolute Gasteiger partial charge is 0.353 e. The Morgan fingerprint density at radius 1 is 0.245 bits per heavy atom. The normalized spacial score (nSPS) is 13.8. The highest BCUT2D eigenvalue weighted by atomic mass is 31.2. The summed E-state index contributed by atoms with van der Waals surface area (Å²) in [6.07, 6.45) is 73.4. The SMILES string of the molecule is CCCCCCCCCCCCCC(=O)NC(CCCCCCCCC)CC[C@H](COP(=O)(O)OCCNC(=O)NCCOP(=O)(O)OC[C@@H](CCC(CCCCCCCCC)NC(=O)CCCCCCCCCCCCC)NC(=O)CCCCCCCCCCCCC)NC(=O)CCCCCCCCCCCCC. The van der Waals surface area contributed by atoms with E-state index in [4.69, 9.17) is 18.1 Å². The largest absolute Gasteiger partial charge is 0.472 e. The maximum absolute atomic E-state index is 13.5.